The van der Waals surface area contributed by atoms with Gasteiger partial charge in [0.05, 0.1) is 19.1 Å². The smallest absolute Gasteiger partial charge is 0.381 e. The minimum Gasteiger partial charge on any atom is -0.381 e. The summed E-state index contributed by atoms with van der Waals surface area (Å²) in [4.78, 5) is 0. The van der Waals surface area contributed by atoms with Gasteiger partial charge in [-0.15, -0.1) is 0 Å². The van der Waals surface area contributed by atoms with Gasteiger partial charge in [0.1, 0.15) is 0 Å². The van der Waals surface area contributed by atoms with Crippen LogP contribution in [-0.2, 0) is 4.57 Å². The van der Waals surface area contributed by atoms with Gasteiger partial charge in [0.2, 0.25) is 0 Å². The highest BCUT2D eigenvalue weighted by atomic mass is 31.2. The van der Waals surface area contributed by atoms with Crippen LogP contribution in [0.5, 0.6) is 11.9 Å². The average Bonchev–Trinajstić information content (AvgIpc) is 2.75. The van der Waals surface area contributed by atoms with Crippen LogP contribution in [0, 0.1) is 0 Å². The van der Waals surface area contributed by atoms with Crippen molar-refractivity contribution in [3.8, 4) is 11.9 Å². The van der Waals surface area contributed by atoms with E-state index < -0.39 is 7.60 Å². The van der Waals surface area contributed by atoms with Crippen LogP contribution < -0.4 is 9.05 Å². The molecule has 0 atom stereocenters. The van der Waals surface area contributed by atoms with E-state index in [0.717, 1.165) is 0 Å². The van der Waals surface area contributed by atoms with E-state index in [-0.39, 0.29) is 11.9 Å². The average molecular weight is 230 g/mol. The third-order valence-corrected chi connectivity index (χ3v) is 2.36. The first-order valence-electron chi connectivity index (χ1n) is 3.94. The van der Waals surface area contributed by atoms with Gasteiger partial charge in [0.25, 0.3) is 0 Å². The second-order valence-electron chi connectivity index (χ2n) is 2.62. The summed E-state index contributed by atoms with van der Waals surface area (Å²) in [5, 5.41) is 6.78. The number of aromatic nitrogens is 2. The molecule has 0 spiro atoms. The first kappa shape index (κ1) is 9.79. The quantitative estimate of drug-likeness (QED) is 0.741. The van der Waals surface area contributed by atoms with Gasteiger partial charge in [0, 0.05) is 12.1 Å². The zero-order chi connectivity index (χ0) is 10.7. The van der Waals surface area contributed by atoms with Gasteiger partial charge in [-0.05, 0) is 0 Å². The second-order valence-corrected chi connectivity index (χ2v) is 4.52. The molecule has 0 amide bonds. The first-order valence-corrected chi connectivity index (χ1v) is 5.93. The van der Waals surface area contributed by atoms with Crippen molar-refractivity contribution in [2.75, 3.05) is 6.66 Å². The molecular weight excluding hydrogens is 223 g/mol. The molecule has 0 saturated carbocycles. The summed E-state index contributed by atoms with van der Waals surface area (Å²) in [6.45, 7) is 1.28. The summed E-state index contributed by atoms with van der Waals surface area (Å²) in [7, 11) is -3.34. The fourth-order valence-electron chi connectivity index (χ4n) is 0.848. The molecule has 0 fully saturated rings. The topological polar surface area (TPSA) is 87.6 Å². The second kappa shape index (κ2) is 3.78. The van der Waals surface area contributed by atoms with E-state index in [9.17, 15) is 4.57 Å². The zero-order valence-corrected chi connectivity index (χ0v) is 8.59. The molecule has 0 aliphatic heterocycles. The van der Waals surface area contributed by atoms with Crippen molar-refractivity contribution < 1.29 is 22.7 Å². The maximum atomic E-state index is 11.7. The molecule has 0 bridgehead atoms. The Labute approximate surface area is 84.5 Å². The van der Waals surface area contributed by atoms with E-state index in [4.69, 9.17) is 9.05 Å². The van der Waals surface area contributed by atoms with E-state index >= 15 is 0 Å². The highest BCUT2D eigenvalue weighted by Crippen LogP contribution is 2.44. The lowest BCUT2D eigenvalue weighted by atomic mass is 10.7. The molecule has 80 valence electrons. The van der Waals surface area contributed by atoms with Gasteiger partial charge >= 0.3 is 19.5 Å². The first-order chi connectivity index (χ1) is 7.16. The Morgan fingerprint density at radius 1 is 1.13 bits per heavy atom. The summed E-state index contributed by atoms with van der Waals surface area (Å²) in [5.74, 6) is 0.0284. The van der Waals surface area contributed by atoms with Crippen molar-refractivity contribution in [3.05, 3.63) is 24.5 Å². The lowest BCUT2D eigenvalue weighted by molar-refractivity contribution is 0.265. The van der Waals surface area contributed by atoms with E-state index in [2.05, 4.69) is 19.4 Å². The summed E-state index contributed by atoms with van der Waals surface area (Å²) in [6.07, 6.45) is 2.73. The minimum absolute atomic E-state index is 0.0142. The summed E-state index contributed by atoms with van der Waals surface area (Å²) in [5.41, 5.74) is 0. The molecule has 2 heterocycles. The van der Waals surface area contributed by atoms with Crippen molar-refractivity contribution in [1.82, 2.24) is 10.3 Å². The minimum atomic E-state index is -3.34. The monoisotopic (exact) mass is 230 g/mol. The largest absolute Gasteiger partial charge is 0.432 e. The highest BCUT2D eigenvalue weighted by molar-refractivity contribution is 7.53. The van der Waals surface area contributed by atoms with Crippen molar-refractivity contribution in [1.29, 1.82) is 0 Å². The molecular formula is C7H7N2O5P. The predicted octanol–water partition coefficient (Wildman–Crippen LogP) is 1.94. The molecule has 0 saturated heterocycles. The standard InChI is InChI=1S/C7H7N2O5P/c1-15(10,13-6-2-4-8-11-6)14-7-3-5-9-12-7/h2-5H,1H3. The van der Waals surface area contributed by atoms with Crippen LogP contribution >= 0.6 is 7.60 Å². The van der Waals surface area contributed by atoms with Crippen LogP contribution in [0.3, 0.4) is 0 Å². The van der Waals surface area contributed by atoms with E-state index in [1.54, 1.807) is 0 Å². The fourth-order valence-corrected chi connectivity index (χ4v) is 1.73. The van der Waals surface area contributed by atoms with Gasteiger partial charge in [-0.2, -0.15) is 0 Å². The number of hydrogen-bond acceptors (Lipinski definition) is 7. The van der Waals surface area contributed by atoms with Gasteiger partial charge in [-0.25, -0.2) is 4.57 Å². The van der Waals surface area contributed by atoms with Crippen LogP contribution in [0.2, 0.25) is 0 Å². The summed E-state index contributed by atoms with van der Waals surface area (Å²) < 4.78 is 30.8. The molecule has 2 rings (SSSR count). The van der Waals surface area contributed by atoms with E-state index in [1.165, 1.54) is 31.2 Å². The van der Waals surface area contributed by atoms with Crippen LogP contribution in [0.1, 0.15) is 0 Å². The van der Waals surface area contributed by atoms with Crippen molar-refractivity contribution in [2.24, 2.45) is 0 Å². The number of hydrogen-bond donors (Lipinski definition) is 0. The van der Waals surface area contributed by atoms with Gasteiger partial charge in [-0.3, -0.25) is 0 Å². The molecule has 0 unspecified atom stereocenters. The molecule has 8 heteroatoms. The molecule has 0 radical (unpaired) electrons. The number of nitrogens with zero attached hydrogens (tertiary/aromatic N) is 2. The fraction of sp³-hybridized carbons (Fsp3) is 0.143. The third-order valence-electron chi connectivity index (χ3n) is 1.34. The highest BCUT2D eigenvalue weighted by Gasteiger charge is 2.23. The number of rotatable bonds is 4. The SMILES string of the molecule is CP(=O)(Oc1ccno1)Oc1ccno1. The van der Waals surface area contributed by atoms with Crippen LogP contribution in [0.15, 0.2) is 33.6 Å². The summed E-state index contributed by atoms with van der Waals surface area (Å²) >= 11 is 0. The van der Waals surface area contributed by atoms with Gasteiger partial charge in [-0.1, -0.05) is 10.3 Å². The maximum absolute atomic E-state index is 11.7. The van der Waals surface area contributed by atoms with Crippen LogP contribution in [-0.4, -0.2) is 17.0 Å². The van der Waals surface area contributed by atoms with Gasteiger partial charge < -0.3 is 18.1 Å². The molecule has 0 aliphatic rings. The normalized spacial score (nSPS) is 11.3. The lowest BCUT2D eigenvalue weighted by Gasteiger charge is -2.10. The van der Waals surface area contributed by atoms with E-state index in [0.29, 0.717) is 0 Å². The molecule has 7 nitrogen and oxygen atoms in total. The van der Waals surface area contributed by atoms with Crippen LogP contribution in [0.4, 0.5) is 0 Å². The Bertz CT molecular complexity index is 411. The molecule has 0 N–H and O–H groups in total. The van der Waals surface area contributed by atoms with Crippen LogP contribution in [0.25, 0.3) is 0 Å². The molecule has 0 aliphatic carbocycles. The summed E-state index contributed by atoms with van der Waals surface area (Å²) in [6, 6.07) is 2.83. The van der Waals surface area contributed by atoms with E-state index in [1.807, 2.05) is 0 Å². The third kappa shape index (κ3) is 2.60. The Kier molecular flexibility index (Phi) is 2.47. The van der Waals surface area contributed by atoms with Crippen molar-refractivity contribution in [2.45, 2.75) is 0 Å². The predicted molar refractivity (Wildman–Crippen MR) is 47.8 cm³/mol. The molecule has 2 aromatic heterocycles. The Balaban J connectivity index is 2.04. The van der Waals surface area contributed by atoms with Gasteiger partial charge in [0.15, 0.2) is 0 Å². The Morgan fingerprint density at radius 2 is 1.60 bits per heavy atom. The molecule has 0 aromatic carbocycles. The van der Waals surface area contributed by atoms with Crippen molar-refractivity contribution >= 4 is 7.60 Å². The Hall–Kier alpha value is -1.75. The molecule has 15 heavy (non-hydrogen) atoms. The van der Waals surface area contributed by atoms with Crippen molar-refractivity contribution in [3.63, 3.8) is 0 Å². The lowest BCUT2D eigenvalue weighted by Crippen LogP contribution is -1.97. The maximum Gasteiger partial charge on any atom is 0.432 e. The Morgan fingerprint density at radius 3 is 1.93 bits per heavy atom. The zero-order valence-electron chi connectivity index (χ0n) is 7.69. The molecule has 2 aromatic rings.